The van der Waals surface area contributed by atoms with Crippen molar-refractivity contribution in [3.8, 4) is 6.01 Å². The smallest absolute Gasteiger partial charge is 0.410 e. The number of fused-ring (bicyclic) bond motifs is 2. The molecular weight excluding hydrogens is 511 g/mol. The standard InChI is InChI=1S/C27H38ClFN6O3/c1-5-8-18-19-21(20(29)22(28)30-18)31-24(37-17-27-9-6-11-35(27)12-7-10-27)32-23(19)33-13-15-34(16-14-33)25(36)38-26(2,3)4/h5-17H2,1-4H3. The number of carbonyl (C=O) groups is 1. The minimum Gasteiger partial charge on any atom is -0.461 e. The van der Waals surface area contributed by atoms with Gasteiger partial charge in [-0.05, 0) is 66.0 Å². The zero-order valence-corrected chi connectivity index (χ0v) is 23.6. The molecule has 3 saturated heterocycles. The maximum Gasteiger partial charge on any atom is 0.410 e. The third-order valence-electron chi connectivity index (χ3n) is 7.78. The van der Waals surface area contributed by atoms with E-state index in [0.29, 0.717) is 56.1 Å². The van der Waals surface area contributed by atoms with Crippen LogP contribution in [0.25, 0.3) is 10.9 Å². The number of amides is 1. The second-order valence-corrected chi connectivity index (χ2v) is 12.0. The maximum absolute atomic E-state index is 15.4. The fraction of sp³-hybridized carbons (Fsp3) is 0.704. The third kappa shape index (κ3) is 5.34. The van der Waals surface area contributed by atoms with Crippen molar-refractivity contribution in [3.63, 3.8) is 0 Å². The van der Waals surface area contributed by atoms with E-state index in [1.54, 1.807) is 4.90 Å². The minimum atomic E-state index is -0.663. The van der Waals surface area contributed by atoms with Gasteiger partial charge in [0.05, 0.1) is 16.6 Å². The molecule has 0 radical (unpaired) electrons. The summed E-state index contributed by atoms with van der Waals surface area (Å²) in [5.74, 6) is -0.0866. The molecule has 208 valence electrons. The normalized spacial score (nSPS) is 19.7. The molecule has 5 heterocycles. The number of piperazine rings is 1. The number of hydrogen-bond donors (Lipinski definition) is 0. The van der Waals surface area contributed by atoms with Crippen molar-refractivity contribution in [1.82, 2.24) is 24.8 Å². The highest BCUT2D eigenvalue weighted by atomic mass is 35.5. The first-order chi connectivity index (χ1) is 18.1. The van der Waals surface area contributed by atoms with Gasteiger partial charge in [0.25, 0.3) is 0 Å². The zero-order valence-electron chi connectivity index (χ0n) is 22.9. The molecule has 2 aromatic rings. The summed E-state index contributed by atoms with van der Waals surface area (Å²) in [4.78, 5) is 32.6. The molecule has 0 bridgehead atoms. The molecule has 1 amide bonds. The quantitative estimate of drug-likeness (QED) is 0.474. The third-order valence-corrected chi connectivity index (χ3v) is 8.03. The van der Waals surface area contributed by atoms with Crippen molar-refractivity contribution < 1.29 is 18.7 Å². The molecule has 11 heteroatoms. The highest BCUT2D eigenvalue weighted by molar-refractivity contribution is 6.30. The summed E-state index contributed by atoms with van der Waals surface area (Å²) in [5, 5.41) is 0.371. The summed E-state index contributed by atoms with van der Waals surface area (Å²) in [7, 11) is 0. The van der Waals surface area contributed by atoms with Crippen molar-refractivity contribution in [2.75, 3.05) is 50.8 Å². The number of nitrogens with zero attached hydrogens (tertiary/aromatic N) is 6. The van der Waals surface area contributed by atoms with E-state index in [1.807, 2.05) is 27.7 Å². The first kappa shape index (κ1) is 27.1. The van der Waals surface area contributed by atoms with E-state index in [0.717, 1.165) is 45.2 Å². The maximum atomic E-state index is 15.4. The molecule has 2 aromatic heterocycles. The fourth-order valence-corrected chi connectivity index (χ4v) is 6.16. The van der Waals surface area contributed by atoms with Gasteiger partial charge in [0.2, 0.25) is 0 Å². The lowest BCUT2D eigenvalue weighted by Gasteiger charge is -2.36. The van der Waals surface area contributed by atoms with Crippen LogP contribution in [0.15, 0.2) is 0 Å². The van der Waals surface area contributed by atoms with E-state index in [4.69, 9.17) is 26.1 Å². The van der Waals surface area contributed by atoms with Crippen molar-refractivity contribution in [1.29, 1.82) is 0 Å². The number of aromatic nitrogens is 3. The van der Waals surface area contributed by atoms with Crippen molar-refractivity contribution in [2.45, 2.75) is 77.4 Å². The molecule has 3 aliphatic heterocycles. The van der Waals surface area contributed by atoms with E-state index < -0.39 is 11.4 Å². The van der Waals surface area contributed by atoms with Crippen LogP contribution in [0, 0.1) is 5.82 Å². The fourth-order valence-electron chi connectivity index (χ4n) is 5.97. The van der Waals surface area contributed by atoms with Gasteiger partial charge in [0.1, 0.15) is 23.5 Å². The Morgan fingerprint density at radius 3 is 2.37 bits per heavy atom. The Labute approximate surface area is 228 Å². The number of ether oxygens (including phenoxy) is 2. The Bertz CT molecular complexity index is 1190. The molecule has 0 N–H and O–H groups in total. The summed E-state index contributed by atoms with van der Waals surface area (Å²) in [6.45, 7) is 12.2. The molecule has 0 aliphatic carbocycles. The number of aryl methyl sites for hydroxylation is 1. The minimum absolute atomic E-state index is 0.0132. The lowest BCUT2D eigenvalue weighted by molar-refractivity contribution is 0.0240. The van der Waals surface area contributed by atoms with E-state index in [-0.39, 0.29) is 28.3 Å². The van der Waals surface area contributed by atoms with Gasteiger partial charge in [0.15, 0.2) is 11.0 Å². The molecule has 38 heavy (non-hydrogen) atoms. The van der Waals surface area contributed by atoms with Crippen LogP contribution < -0.4 is 9.64 Å². The largest absolute Gasteiger partial charge is 0.461 e. The van der Waals surface area contributed by atoms with Crippen molar-refractivity contribution in [2.24, 2.45) is 0 Å². The van der Waals surface area contributed by atoms with Crippen LogP contribution in [-0.4, -0.2) is 87.9 Å². The van der Waals surface area contributed by atoms with E-state index >= 15 is 4.39 Å². The van der Waals surface area contributed by atoms with E-state index in [2.05, 4.69) is 19.8 Å². The van der Waals surface area contributed by atoms with Gasteiger partial charge in [-0.2, -0.15) is 9.97 Å². The first-order valence-corrected chi connectivity index (χ1v) is 14.1. The molecule has 9 nitrogen and oxygen atoms in total. The van der Waals surface area contributed by atoms with E-state index in [1.165, 1.54) is 0 Å². The molecular formula is C27H38ClFN6O3. The van der Waals surface area contributed by atoms with Crippen LogP contribution in [0.1, 0.15) is 65.5 Å². The average Bonchev–Trinajstić information content (AvgIpc) is 3.45. The topological polar surface area (TPSA) is 83.9 Å². The van der Waals surface area contributed by atoms with Gasteiger partial charge in [-0.15, -0.1) is 0 Å². The lowest BCUT2D eigenvalue weighted by atomic mass is 9.95. The number of hydrogen-bond acceptors (Lipinski definition) is 8. The Kier molecular flexibility index (Phi) is 7.57. The van der Waals surface area contributed by atoms with Gasteiger partial charge in [-0.25, -0.2) is 14.2 Å². The van der Waals surface area contributed by atoms with Gasteiger partial charge >= 0.3 is 12.1 Å². The van der Waals surface area contributed by atoms with Crippen LogP contribution in [-0.2, 0) is 11.2 Å². The van der Waals surface area contributed by atoms with Crippen LogP contribution in [0.5, 0.6) is 6.01 Å². The summed E-state index contributed by atoms with van der Waals surface area (Å²) >= 11 is 6.21. The van der Waals surface area contributed by atoms with Crippen LogP contribution in [0.4, 0.5) is 15.0 Å². The molecule has 0 unspecified atom stereocenters. The molecule has 0 saturated carbocycles. The number of carbonyl (C=O) groups excluding carboxylic acids is 1. The predicted octanol–water partition coefficient (Wildman–Crippen LogP) is 4.83. The van der Waals surface area contributed by atoms with Gasteiger partial charge < -0.3 is 19.3 Å². The molecule has 0 atom stereocenters. The first-order valence-electron chi connectivity index (χ1n) is 13.8. The van der Waals surface area contributed by atoms with Gasteiger partial charge in [-0.1, -0.05) is 24.9 Å². The molecule has 0 spiro atoms. The average molecular weight is 549 g/mol. The number of pyridine rings is 1. The van der Waals surface area contributed by atoms with Crippen molar-refractivity contribution in [3.05, 3.63) is 16.7 Å². The lowest BCUT2D eigenvalue weighted by Crippen LogP contribution is -2.50. The highest BCUT2D eigenvalue weighted by Gasteiger charge is 2.45. The highest BCUT2D eigenvalue weighted by Crippen LogP contribution is 2.40. The second kappa shape index (κ2) is 10.6. The van der Waals surface area contributed by atoms with Crippen LogP contribution in [0.2, 0.25) is 5.15 Å². The number of anilines is 1. The molecule has 5 rings (SSSR count). The Morgan fingerprint density at radius 1 is 1.05 bits per heavy atom. The SMILES string of the molecule is CCCc1nc(Cl)c(F)c2nc(OCC34CCCN3CCC4)nc(N3CCN(C(=O)OC(C)(C)C)CC3)c12. The molecule has 3 aliphatic rings. The number of rotatable bonds is 6. The predicted molar refractivity (Wildman–Crippen MR) is 145 cm³/mol. The summed E-state index contributed by atoms with van der Waals surface area (Å²) in [6, 6.07) is 0.152. The Morgan fingerprint density at radius 2 is 1.74 bits per heavy atom. The molecule has 0 aromatic carbocycles. The Hall–Kier alpha value is -2.46. The summed E-state index contributed by atoms with van der Waals surface area (Å²) in [6.07, 6.45) is 5.58. The van der Waals surface area contributed by atoms with Crippen LogP contribution >= 0.6 is 11.6 Å². The zero-order chi connectivity index (χ0) is 27.1. The van der Waals surface area contributed by atoms with Gasteiger partial charge in [-0.3, -0.25) is 4.90 Å². The number of halogens is 2. The van der Waals surface area contributed by atoms with Gasteiger partial charge in [0, 0.05) is 26.2 Å². The molecule has 3 fully saturated rings. The summed E-state index contributed by atoms with van der Waals surface area (Å²) < 4.78 is 27.2. The summed E-state index contributed by atoms with van der Waals surface area (Å²) in [5.41, 5.74) is 0.255. The van der Waals surface area contributed by atoms with Crippen LogP contribution in [0.3, 0.4) is 0 Å². The van der Waals surface area contributed by atoms with E-state index in [9.17, 15) is 4.79 Å². The van der Waals surface area contributed by atoms with Crippen molar-refractivity contribution >= 4 is 34.4 Å². The second-order valence-electron chi connectivity index (χ2n) is 11.6. The monoisotopic (exact) mass is 548 g/mol. The Balaban J connectivity index is 1.46.